The van der Waals surface area contributed by atoms with Crippen LogP contribution in [0.3, 0.4) is 0 Å². The molecule has 1 aromatic carbocycles. The van der Waals surface area contributed by atoms with Gasteiger partial charge in [-0.2, -0.15) is 13.2 Å². The molecule has 1 fully saturated rings. The summed E-state index contributed by atoms with van der Waals surface area (Å²) in [5.74, 6) is -1.89. The number of alkyl halides is 3. The van der Waals surface area contributed by atoms with Crippen molar-refractivity contribution in [2.45, 2.75) is 24.9 Å². The monoisotopic (exact) mass is 542 g/mol. The maximum Gasteiger partial charge on any atom is 0.493 e. The number of aromatic nitrogens is 2. The van der Waals surface area contributed by atoms with Crippen molar-refractivity contribution in [3.8, 4) is 10.4 Å². The number of nitrogen functional groups attached to an aromatic ring is 1. The highest BCUT2D eigenvalue weighted by molar-refractivity contribution is 7.17. The molecule has 0 unspecified atom stereocenters. The molecular formula is C26H21F3N4O4S. The van der Waals surface area contributed by atoms with Crippen molar-refractivity contribution < 1.29 is 27.6 Å². The minimum atomic E-state index is -5.25. The van der Waals surface area contributed by atoms with Crippen LogP contribution in [-0.2, 0) is 4.79 Å². The van der Waals surface area contributed by atoms with E-state index in [1.165, 1.54) is 6.07 Å². The Kier molecular flexibility index (Phi) is 6.66. The molecule has 5 rings (SSSR count). The Morgan fingerprint density at radius 1 is 1.05 bits per heavy atom. The van der Waals surface area contributed by atoms with Crippen molar-refractivity contribution in [1.29, 1.82) is 0 Å². The van der Waals surface area contributed by atoms with E-state index in [0.717, 1.165) is 52.8 Å². The number of rotatable bonds is 4. The minimum Gasteiger partial charge on any atom is -0.383 e. The SMILES string of the molecule is Nc1nccc2ccc(C3CCN(C(=O)c4ccc(-c5ccc(=O)n(OC(=O)C(F)(F)F)c5)s4)CC3)cc12. The standard InChI is InChI=1S/C26H21F3N4O4S/c27-26(28,29)25(36)37-33-14-18(3-6-22(33)34)20-4-5-21(38-20)24(35)32-11-8-15(9-12-32)17-2-1-16-7-10-31-23(30)19(16)13-17/h1-7,10,13-15H,8-9,11-12H2,(H2,30,31). The van der Waals surface area contributed by atoms with Gasteiger partial charge in [-0.05, 0) is 60.0 Å². The third kappa shape index (κ3) is 5.12. The van der Waals surface area contributed by atoms with Crippen molar-refractivity contribution >= 4 is 39.8 Å². The van der Waals surface area contributed by atoms with Gasteiger partial charge in [0.15, 0.2) is 0 Å². The summed E-state index contributed by atoms with van der Waals surface area (Å²) >= 11 is 1.14. The first kappa shape index (κ1) is 25.5. The van der Waals surface area contributed by atoms with Crippen LogP contribution in [0.25, 0.3) is 21.2 Å². The van der Waals surface area contributed by atoms with Crippen molar-refractivity contribution in [2.24, 2.45) is 0 Å². The molecule has 12 heteroatoms. The first-order valence-corrected chi connectivity index (χ1v) is 12.5. The number of likely N-dealkylation sites (tertiary alicyclic amines) is 1. The summed E-state index contributed by atoms with van der Waals surface area (Å²) in [6.45, 7) is 1.13. The van der Waals surface area contributed by atoms with Crippen LogP contribution >= 0.6 is 11.3 Å². The second-order valence-corrected chi connectivity index (χ2v) is 9.95. The van der Waals surface area contributed by atoms with Crippen LogP contribution in [0, 0.1) is 0 Å². The lowest BCUT2D eigenvalue weighted by molar-refractivity contribution is -0.200. The van der Waals surface area contributed by atoms with Crippen LogP contribution in [0.2, 0.25) is 0 Å². The summed E-state index contributed by atoms with van der Waals surface area (Å²) in [6.07, 6.45) is -1.01. The molecule has 0 spiro atoms. The number of thiophene rings is 1. The molecule has 0 atom stereocenters. The van der Waals surface area contributed by atoms with E-state index >= 15 is 0 Å². The van der Waals surface area contributed by atoms with Crippen LogP contribution in [0.5, 0.6) is 0 Å². The number of nitrogens with zero attached hydrogens (tertiary/aromatic N) is 3. The highest BCUT2D eigenvalue weighted by atomic mass is 32.1. The summed E-state index contributed by atoms with van der Waals surface area (Å²) in [5, 5.41) is 1.94. The summed E-state index contributed by atoms with van der Waals surface area (Å²) in [7, 11) is 0. The van der Waals surface area contributed by atoms with Gasteiger partial charge in [0.2, 0.25) is 0 Å². The van der Waals surface area contributed by atoms with Crippen molar-refractivity contribution in [1.82, 2.24) is 14.6 Å². The molecule has 1 aliphatic rings. The number of fused-ring (bicyclic) bond motifs is 1. The molecule has 1 amide bonds. The number of carbonyl (C=O) groups excluding carboxylic acids is 2. The summed E-state index contributed by atoms with van der Waals surface area (Å²) in [4.78, 5) is 47.2. The second-order valence-electron chi connectivity index (χ2n) is 8.87. The molecule has 2 N–H and O–H groups in total. The minimum absolute atomic E-state index is 0.150. The van der Waals surface area contributed by atoms with Crippen molar-refractivity contribution in [3.05, 3.63) is 81.7 Å². The number of pyridine rings is 2. The average molecular weight is 543 g/mol. The van der Waals surface area contributed by atoms with E-state index in [1.807, 2.05) is 12.1 Å². The van der Waals surface area contributed by atoms with Gasteiger partial charge < -0.3 is 15.5 Å². The van der Waals surface area contributed by atoms with Crippen molar-refractivity contribution in [3.63, 3.8) is 0 Å². The Labute approximate surface area is 218 Å². The molecule has 196 valence electrons. The predicted octanol–water partition coefficient (Wildman–Crippen LogP) is 4.24. The normalized spacial score (nSPS) is 14.6. The Morgan fingerprint density at radius 2 is 1.82 bits per heavy atom. The Morgan fingerprint density at radius 3 is 2.55 bits per heavy atom. The second kappa shape index (κ2) is 9.93. The topological polar surface area (TPSA) is 108 Å². The predicted molar refractivity (Wildman–Crippen MR) is 136 cm³/mol. The molecule has 3 aromatic heterocycles. The summed E-state index contributed by atoms with van der Waals surface area (Å²) in [6, 6.07) is 13.7. The van der Waals surface area contributed by atoms with Gasteiger partial charge in [-0.3, -0.25) is 9.59 Å². The molecule has 1 saturated heterocycles. The number of carbonyl (C=O) groups is 2. The Bertz CT molecular complexity index is 1590. The van der Waals surface area contributed by atoms with Gasteiger partial charge in [0, 0.05) is 41.2 Å². The fourth-order valence-corrected chi connectivity index (χ4v) is 5.43. The molecule has 4 heterocycles. The quantitative estimate of drug-likeness (QED) is 0.413. The van der Waals surface area contributed by atoms with E-state index < -0.39 is 17.7 Å². The van der Waals surface area contributed by atoms with E-state index in [-0.39, 0.29) is 16.6 Å². The maximum absolute atomic E-state index is 13.1. The van der Waals surface area contributed by atoms with E-state index in [0.29, 0.717) is 34.2 Å². The lowest BCUT2D eigenvalue weighted by Crippen LogP contribution is -2.37. The molecule has 0 saturated carbocycles. The number of hydrogen-bond donors (Lipinski definition) is 1. The maximum atomic E-state index is 13.1. The molecule has 0 radical (unpaired) electrons. The fourth-order valence-electron chi connectivity index (χ4n) is 4.47. The zero-order valence-electron chi connectivity index (χ0n) is 19.8. The zero-order chi connectivity index (χ0) is 27.0. The molecular weight excluding hydrogens is 521 g/mol. The highest BCUT2D eigenvalue weighted by Crippen LogP contribution is 2.33. The number of piperidine rings is 1. The van der Waals surface area contributed by atoms with Crippen LogP contribution in [0.1, 0.15) is 34.0 Å². The molecule has 38 heavy (non-hydrogen) atoms. The van der Waals surface area contributed by atoms with E-state index in [1.54, 1.807) is 23.2 Å². The lowest BCUT2D eigenvalue weighted by atomic mass is 9.88. The molecule has 4 aromatic rings. The number of benzene rings is 1. The highest BCUT2D eigenvalue weighted by Gasteiger charge is 2.42. The third-order valence-electron chi connectivity index (χ3n) is 6.47. The van der Waals surface area contributed by atoms with Gasteiger partial charge in [0.1, 0.15) is 5.82 Å². The van der Waals surface area contributed by atoms with Gasteiger partial charge in [0.25, 0.3) is 11.5 Å². The van der Waals surface area contributed by atoms with Gasteiger partial charge in [-0.1, -0.05) is 12.1 Å². The fraction of sp³-hybridized carbons (Fsp3) is 0.231. The van der Waals surface area contributed by atoms with Crippen LogP contribution in [0.4, 0.5) is 19.0 Å². The van der Waals surface area contributed by atoms with E-state index in [9.17, 15) is 27.6 Å². The smallest absolute Gasteiger partial charge is 0.383 e. The molecule has 0 bridgehead atoms. The summed E-state index contributed by atoms with van der Waals surface area (Å²) in [5.41, 5.74) is 6.58. The Hall–Kier alpha value is -4.19. The van der Waals surface area contributed by atoms with E-state index in [2.05, 4.69) is 22.0 Å². The molecule has 8 nitrogen and oxygen atoms in total. The first-order valence-electron chi connectivity index (χ1n) is 11.7. The first-order chi connectivity index (χ1) is 18.1. The van der Waals surface area contributed by atoms with Gasteiger partial charge in [-0.25, -0.2) is 9.78 Å². The number of halogens is 3. The number of hydrogen-bond acceptors (Lipinski definition) is 7. The number of anilines is 1. The largest absolute Gasteiger partial charge is 0.493 e. The number of amides is 1. The van der Waals surface area contributed by atoms with Crippen LogP contribution < -0.4 is 16.1 Å². The zero-order valence-corrected chi connectivity index (χ0v) is 20.6. The Balaban J connectivity index is 1.26. The van der Waals surface area contributed by atoms with Gasteiger partial charge in [0.05, 0.1) is 11.1 Å². The van der Waals surface area contributed by atoms with Crippen LogP contribution in [-0.4, -0.2) is 45.8 Å². The summed E-state index contributed by atoms with van der Waals surface area (Å²) < 4.78 is 37.8. The van der Waals surface area contributed by atoms with E-state index in [4.69, 9.17) is 5.73 Å². The number of nitrogens with two attached hydrogens (primary N) is 1. The van der Waals surface area contributed by atoms with Gasteiger partial charge >= 0.3 is 12.1 Å². The molecule has 0 aliphatic carbocycles. The lowest BCUT2D eigenvalue weighted by Gasteiger charge is -2.32. The van der Waals surface area contributed by atoms with Crippen LogP contribution in [0.15, 0.2) is 65.7 Å². The van der Waals surface area contributed by atoms with Gasteiger partial charge in [-0.15, -0.1) is 16.1 Å². The molecule has 1 aliphatic heterocycles. The third-order valence-corrected chi connectivity index (χ3v) is 7.59. The average Bonchev–Trinajstić information content (AvgIpc) is 3.39. The van der Waals surface area contributed by atoms with Crippen molar-refractivity contribution in [2.75, 3.05) is 18.8 Å².